The Morgan fingerprint density at radius 1 is 1.32 bits per heavy atom. The van der Waals surface area contributed by atoms with E-state index in [2.05, 4.69) is 20.8 Å². The topological polar surface area (TPSA) is 66.9 Å². The third kappa shape index (κ3) is 3.90. The van der Waals surface area contributed by atoms with Crippen LogP contribution in [0.3, 0.4) is 0 Å². The quantitative estimate of drug-likeness (QED) is 0.890. The first kappa shape index (κ1) is 13.8. The van der Waals surface area contributed by atoms with E-state index in [1.807, 2.05) is 19.1 Å². The highest BCUT2D eigenvalue weighted by atomic mass is 35.5. The van der Waals surface area contributed by atoms with Gasteiger partial charge in [0.05, 0.1) is 0 Å². The van der Waals surface area contributed by atoms with E-state index in [9.17, 15) is 4.79 Å². The maximum atomic E-state index is 11.8. The maximum Gasteiger partial charge on any atom is 0.282 e. The molecule has 0 aliphatic carbocycles. The Hall–Kier alpha value is -1.66. The number of nitrogens with zero attached hydrogens (tertiary/aromatic N) is 2. The minimum absolute atomic E-state index is 0.225. The molecule has 0 radical (unpaired) electrons. The predicted octanol–water partition coefficient (Wildman–Crippen LogP) is 2.55. The fraction of sp³-hybridized carbons (Fsp3) is 0.250. The smallest absolute Gasteiger partial charge is 0.282 e. The van der Waals surface area contributed by atoms with Gasteiger partial charge in [0.2, 0.25) is 10.1 Å². The second-order valence-corrected chi connectivity index (χ2v) is 5.17. The summed E-state index contributed by atoms with van der Waals surface area (Å²) in [4.78, 5) is 11.8. The number of aromatic nitrogens is 2. The molecule has 0 fully saturated rings. The second-order valence-electron chi connectivity index (χ2n) is 3.75. The van der Waals surface area contributed by atoms with E-state index in [0.29, 0.717) is 21.7 Å². The van der Waals surface area contributed by atoms with Crippen LogP contribution in [0.1, 0.15) is 22.3 Å². The SMILES string of the molecule is CCNc1nnc(C(=O)NCc2ccc(Cl)cc2)s1. The van der Waals surface area contributed by atoms with Crippen LogP contribution in [0.15, 0.2) is 24.3 Å². The number of rotatable bonds is 5. The van der Waals surface area contributed by atoms with Crippen LogP contribution in [-0.4, -0.2) is 22.6 Å². The molecule has 0 aliphatic heterocycles. The van der Waals surface area contributed by atoms with Gasteiger partial charge in [-0.2, -0.15) is 0 Å². The summed E-state index contributed by atoms with van der Waals surface area (Å²) >= 11 is 7.03. The van der Waals surface area contributed by atoms with Crippen LogP contribution in [0.25, 0.3) is 0 Å². The number of hydrogen-bond donors (Lipinski definition) is 2. The lowest BCUT2D eigenvalue weighted by Gasteiger charge is -2.02. The van der Waals surface area contributed by atoms with Crippen molar-refractivity contribution in [2.45, 2.75) is 13.5 Å². The van der Waals surface area contributed by atoms with Crippen LogP contribution in [0.2, 0.25) is 5.02 Å². The molecular formula is C12H13ClN4OS. The molecule has 1 heterocycles. The summed E-state index contributed by atoms with van der Waals surface area (Å²) in [6.07, 6.45) is 0. The number of halogens is 1. The van der Waals surface area contributed by atoms with Gasteiger partial charge in [0.15, 0.2) is 0 Å². The number of nitrogens with one attached hydrogen (secondary N) is 2. The van der Waals surface area contributed by atoms with E-state index >= 15 is 0 Å². The molecule has 2 N–H and O–H groups in total. The third-order valence-corrected chi connectivity index (χ3v) is 3.45. The largest absolute Gasteiger partial charge is 0.360 e. The van der Waals surface area contributed by atoms with Gasteiger partial charge >= 0.3 is 0 Å². The fourth-order valence-corrected chi connectivity index (χ4v) is 2.25. The van der Waals surface area contributed by atoms with E-state index in [1.54, 1.807) is 12.1 Å². The zero-order valence-corrected chi connectivity index (χ0v) is 11.9. The average molecular weight is 297 g/mol. The van der Waals surface area contributed by atoms with Crippen molar-refractivity contribution in [3.05, 3.63) is 39.9 Å². The maximum absolute atomic E-state index is 11.8. The van der Waals surface area contributed by atoms with Crippen molar-refractivity contribution in [3.63, 3.8) is 0 Å². The Morgan fingerprint density at radius 2 is 2.05 bits per heavy atom. The number of benzene rings is 1. The highest BCUT2D eigenvalue weighted by Crippen LogP contribution is 2.15. The minimum Gasteiger partial charge on any atom is -0.360 e. The van der Waals surface area contributed by atoms with Gasteiger partial charge in [0, 0.05) is 18.1 Å². The van der Waals surface area contributed by atoms with Gasteiger partial charge in [-0.15, -0.1) is 10.2 Å². The zero-order valence-electron chi connectivity index (χ0n) is 10.3. The van der Waals surface area contributed by atoms with Crippen LogP contribution < -0.4 is 10.6 Å². The van der Waals surface area contributed by atoms with Crippen molar-refractivity contribution >= 4 is 34.0 Å². The summed E-state index contributed by atoms with van der Waals surface area (Å²) in [6, 6.07) is 7.31. The van der Waals surface area contributed by atoms with Crippen LogP contribution in [0.5, 0.6) is 0 Å². The molecule has 1 amide bonds. The molecule has 0 unspecified atom stereocenters. The summed E-state index contributed by atoms with van der Waals surface area (Å²) in [6.45, 7) is 3.15. The first-order chi connectivity index (χ1) is 9.19. The number of carbonyl (C=O) groups excluding carboxylic acids is 1. The molecule has 0 spiro atoms. The van der Waals surface area contributed by atoms with Crippen LogP contribution >= 0.6 is 22.9 Å². The molecule has 1 aromatic carbocycles. The van der Waals surface area contributed by atoms with Crippen LogP contribution in [0.4, 0.5) is 5.13 Å². The molecule has 2 aromatic rings. The van der Waals surface area contributed by atoms with Gasteiger partial charge in [0.25, 0.3) is 5.91 Å². The Balaban J connectivity index is 1.91. The summed E-state index contributed by atoms with van der Waals surface area (Å²) < 4.78 is 0. The molecule has 0 atom stereocenters. The van der Waals surface area contributed by atoms with E-state index in [4.69, 9.17) is 11.6 Å². The van der Waals surface area contributed by atoms with Crippen molar-refractivity contribution in [2.75, 3.05) is 11.9 Å². The molecule has 1 aromatic heterocycles. The molecule has 0 saturated heterocycles. The van der Waals surface area contributed by atoms with Gasteiger partial charge in [-0.3, -0.25) is 4.79 Å². The number of amides is 1. The Kier molecular flexibility index (Phi) is 4.70. The Labute approximate surface area is 120 Å². The van der Waals surface area contributed by atoms with E-state index in [0.717, 1.165) is 12.1 Å². The van der Waals surface area contributed by atoms with Gasteiger partial charge in [-0.1, -0.05) is 35.1 Å². The first-order valence-corrected chi connectivity index (χ1v) is 6.98. The van der Waals surface area contributed by atoms with E-state index in [-0.39, 0.29) is 5.91 Å². The van der Waals surface area contributed by atoms with Crippen molar-refractivity contribution in [1.82, 2.24) is 15.5 Å². The van der Waals surface area contributed by atoms with Crippen molar-refractivity contribution < 1.29 is 4.79 Å². The average Bonchev–Trinajstić information content (AvgIpc) is 2.87. The fourth-order valence-electron chi connectivity index (χ4n) is 1.40. The number of carbonyl (C=O) groups is 1. The number of hydrogen-bond acceptors (Lipinski definition) is 5. The standard InChI is InChI=1S/C12H13ClN4OS/c1-2-14-12-17-16-11(19-12)10(18)15-7-8-3-5-9(13)6-4-8/h3-6H,2,7H2,1H3,(H,14,17)(H,15,18). The van der Waals surface area contributed by atoms with E-state index in [1.165, 1.54) is 11.3 Å². The Morgan fingerprint density at radius 3 is 2.74 bits per heavy atom. The third-order valence-electron chi connectivity index (χ3n) is 2.31. The first-order valence-electron chi connectivity index (χ1n) is 5.79. The predicted molar refractivity (Wildman–Crippen MR) is 76.7 cm³/mol. The van der Waals surface area contributed by atoms with Crippen molar-refractivity contribution in [2.24, 2.45) is 0 Å². The molecule has 0 saturated carbocycles. The zero-order chi connectivity index (χ0) is 13.7. The minimum atomic E-state index is -0.225. The van der Waals surface area contributed by atoms with Gasteiger partial charge in [-0.05, 0) is 24.6 Å². The molecule has 19 heavy (non-hydrogen) atoms. The molecule has 7 heteroatoms. The summed E-state index contributed by atoms with van der Waals surface area (Å²) in [5.41, 5.74) is 0.981. The summed E-state index contributed by atoms with van der Waals surface area (Å²) in [5, 5.41) is 15.2. The lowest BCUT2D eigenvalue weighted by Crippen LogP contribution is -2.22. The van der Waals surface area contributed by atoms with Gasteiger partial charge in [-0.25, -0.2) is 0 Å². The normalized spacial score (nSPS) is 10.2. The number of anilines is 1. The second kappa shape index (κ2) is 6.49. The molecular weight excluding hydrogens is 284 g/mol. The Bertz CT molecular complexity index is 555. The summed E-state index contributed by atoms with van der Waals surface area (Å²) in [5.74, 6) is -0.225. The highest BCUT2D eigenvalue weighted by molar-refractivity contribution is 7.17. The highest BCUT2D eigenvalue weighted by Gasteiger charge is 2.11. The van der Waals surface area contributed by atoms with Crippen molar-refractivity contribution in [3.8, 4) is 0 Å². The van der Waals surface area contributed by atoms with Crippen LogP contribution in [-0.2, 0) is 6.54 Å². The lowest BCUT2D eigenvalue weighted by molar-refractivity contribution is 0.0950. The molecule has 0 bridgehead atoms. The van der Waals surface area contributed by atoms with E-state index < -0.39 is 0 Å². The molecule has 100 valence electrons. The van der Waals surface area contributed by atoms with Gasteiger partial charge in [0.1, 0.15) is 0 Å². The monoisotopic (exact) mass is 296 g/mol. The molecule has 0 aliphatic rings. The summed E-state index contributed by atoms with van der Waals surface area (Å²) in [7, 11) is 0. The lowest BCUT2D eigenvalue weighted by atomic mass is 10.2. The molecule has 2 rings (SSSR count). The molecule has 5 nitrogen and oxygen atoms in total. The van der Waals surface area contributed by atoms with Crippen molar-refractivity contribution in [1.29, 1.82) is 0 Å². The van der Waals surface area contributed by atoms with Gasteiger partial charge < -0.3 is 10.6 Å². The van der Waals surface area contributed by atoms with Crippen LogP contribution in [0, 0.1) is 0 Å².